The Kier molecular flexibility index (Phi) is 6.05. The number of carbonyl (C=O) groups is 1. The number of nitrogens with one attached hydrogen (secondary N) is 1. The Labute approximate surface area is 163 Å². The predicted molar refractivity (Wildman–Crippen MR) is 103 cm³/mol. The average Bonchev–Trinajstić information content (AvgIpc) is 3.01. The Morgan fingerprint density at radius 3 is 2.75 bits per heavy atom. The summed E-state index contributed by atoms with van der Waals surface area (Å²) in [6.45, 7) is -2.95. The van der Waals surface area contributed by atoms with Crippen LogP contribution in [0.4, 0.5) is 8.78 Å². The van der Waals surface area contributed by atoms with Gasteiger partial charge in [0.1, 0.15) is 0 Å². The van der Waals surface area contributed by atoms with E-state index in [9.17, 15) is 13.6 Å². The summed E-state index contributed by atoms with van der Waals surface area (Å²) in [5.74, 6) is -0.361. The third kappa shape index (κ3) is 4.55. The summed E-state index contributed by atoms with van der Waals surface area (Å²) in [4.78, 5) is 12.7. The molecule has 1 aromatic heterocycles. The van der Waals surface area contributed by atoms with Crippen LogP contribution in [0.5, 0.6) is 11.5 Å². The molecule has 0 saturated carbocycles. The van der Waals surface area contributed by atoms with E-state index in [1.165, 1.54) is 48.8 Å². The van der Waals surface area contributed by atoms with E-state index < -0.39 is 12.5 Å². The number of thiazole rings is 1. The van der Waals surface area contributed by atoms with Crippen molar-refractivity contribution in [1.29, 1.82) is 0 Å². The molecule has 0 aliphatic carbocycles. The fourth-order valence-corrected chi connectivity index (χ4v) is 3.46. The fourth-order valence-electron chi connectivity index (χ4n) is 2.48. The third-order valence-corrected chi connectivity index (χ3v) is 4.92. The van der Waals surface area contributed by atoms with Crippen molar-refractivity contribution in [2.75, 3.05) is 7.11 Å². The molecule has 0 saturated heterocycles. The average molecular weight is 405 g/mol. The lowest BCUT2D eigenvalue weighted by Crippen LogP contribution is -2.21. The molecule has 0 aliphatic heterocycles. The number of fused-ring (bicyclic) bond motifs is 1. The molecule has 0 bridgehead atoms. The normalized spacial score (nSPS) is 12.1. The van der Waals surface area contributed by atoms with E-state index in [1.54, 1.807) is 0 Å². The van der Waals surface area contributed by atoms with Crippen LogP contribution in [0.25, 0.3) is 16.3 Å². The number of benzene rings is 2. The minimum atomic E-state index is -2.95. The van der Waals surface area contributed by atoms with E-state index in [1.807, 2.05) is 35.9 Å². The number of amides is 1. The molecular formula is C19H17F2N3O3S. The van der Waals surface area contributed by atoms with Crippen molar-refractivity contribution in [1.82, 2.24) is 9.99 Å². The van der Waals surface area contributed by atoms with Gasteiger partial charge >= 0.3 is 6.61 Å². The number of hydrogen-bond donors (Lipinski definition) is 1. The van der Waals surface area contributed by atoms with Crippen LogP contribution < -0.4 is 19.7 Å². The number of aryl methyl sites for hydroxylation is 1. The van der Waals surface area contributed by atoms with Gasteiger partial charge in [-0.3, -0.25) is 4.79 Å². The smallest absolute Gasteiger partial charge is 0.387 e. The summed E-state index contributed by atoms with van der Waals surface area (Å²) in [6.07, 6.45) is 2.81. The molecular weight excluding hydrogens is 388 g/mol. The van der Waals surface area contributed by atoms with Gasteiger partial charge in [-0.25, -0.2) is 5.43 Å². The van der Waals surface area contributed by atoms with Gasteiger partial charge in [0.25, 0.3) is 5.91 Å². The molecule has 1 heterocycles. The highest BCUT2D eigenvalue weighted by Gasteiger charge is 2.10. The maximum absolute atomic E-state index is 12.4. The van der Waals surface area contributed by atoms with Crippen LogP contribution >= 0.6 is 11.3 Å². The zero-order chi connectivity index (χ0) is 20.1. The molecule has 0 atom stereocenters. The zero-order valence-electron chi connectivity index (χ0n) is 15.1. The van der Waals surface area contributed by atoms with Crippen molar-refractivity contribution >= 4 is 33.5 Å². The first-order chi connectivity index (χ1) is 13.5. The van der Waals surface area contributed by atoms with Crippen LogP contribution in [0.3, 0.4) is 0 Å². The quantitative estimate of drug-likeness (QED) is 0.504. The van der Waals surface area contributed by atoms with Crippen LogP contribution in [0, 0.1) is 0 Å². The van der Waals surface area contributed by atoms with Gasteiger partial charge in [-0.05, 0) is 35.9 Å². The minimum absolute atomic E-state index is 0.0774. The summed E-state index contributed by atoms with van der Waals surface area (Å²) in [5, 5.41) is 4.14. The lowest BCUT2D eigenvalue weighted by Gasteiger charge is -2.10. The molecule has 28 heavy (non-hydrogen) atoms. The highest BCUT2D eigenvalue weighted by Crippen LogP contribution is 2.29. The largest absolute Gasteiger partial charge is 0.493 e. The van der Waals surface area contributed by atoms with Crippen molar-refractivity contribution < 1.29 is 23.0 Å². The molecule has 0 spiro atoms. The van der Waals surface area contributed by atoms with Crippen LogP contribution in [-0.4, -0.2) is 24.2 Å². The molecule has 9 heteroatoms. The number of hydrogen-bond acceptors (Lipinski definition) is 5. The summed E-state index contributed by atoms with van der Waals surface area (Å²) >= 11 is 1.46. The minimum Gasteiger partial charge on any atom is -0.493 e. The van der Waals surface area contributed by atoms with E-state index in [0.29, 0.717) is 10.4 Å². The molecule has 1 amide bonds. The molecule has 1 N–H and O–H groups in total. The number of nitrogens with zero attached hydrogens (tertiary/aromatic N) is 2. The molecule has 2 aromatic carbocycles. The van der Waals surface area contributed by atoms with Crippen LogP contribution in [0.2, 0.25) is 0 Å². The number of para-hydroxylation sites is 1. The van der Waals surface area contributed by atoms with E-state index in [-0.39, 0.29) is 11.5 Å². The van der Waals surface area contributed by atoms with Crippen molar-refractivity contribution in [2.24, 2.45) is 12.1 Å². The molecule has 3 aromatic rings. The van der Waals surface area contributed by atoms with E-state index >= 15 is 0 Å². The fraction of sp³-hybridized carbons (Fsp3) is 0.158. The zero-order valence-corrected chi connectivity index (χ0v) is 15.9. The first-order valence-electron chi connectivity index (χ1n) is 8.17. The van der Waals surface area contributed by atoms with Crippen LogP contribution in [0.15, 0.2) is 53.6 Å². The van der Waals surface area contributed by atoms with Gasteiger partial charge in [0.15, 0.2) is 11.5 Å². The second-order valence-electron chi connectivity index (χ2n) is 5.62. The maximum Gasteiger partial charge on any atom is 0.387 e. The Morgan fingerprint density at radius 2 is 2.04 bits per heavy atom. The molecule has 146 valence electrons. The lowest BCUT2D eigenvalue weighted by molar-refractivity contribution is -0.116. The molecule has 0 fully saturated rings. The van der Waals surface area contributed by atoms with Gasteiger partial charge in [0.05, 0.1) is 17.3 Å². The van der Waals surface area contributed by atoms with Gasteiger partial charge in [-0.15, -0.1) is 5.10 Å². The Hall–Kier alpha value is -3.20. The first kappa shape index (κ1) is 19.6. The van der Waals surface area contributed by atoms with Crippen molar-refractivity contribution in [3.8, 4) is 11.5 Å². The van der Waals surface area contributed by atoms with Crippen LogP contribution in [-0.2, 0) is 11.8 Å². The summed E-state index contributed by atoms with van der Waals surface area (Å²) < 4.78 is 37.1. The number of ether oxygens (including phenoxy) is 2. The van der Waals surface area contributed by atoms with E-state index in [2.05, 4.69) is 15.3 Å². The second-order valence-corrected chi connectivity index (χ2v) is 6.63. The summed E-state index contributed by atoms with van der Waals surface area (Å²) in [5.41, 5.74) is 4.08. The number of carbonyl (C=O) groups excluding carboxylic acids is 1. The second kappa shape index (κ2) is 8.66. The SMILES string of the molecule is COc1cc(/C=C/C(=O)N/N=c2\sc3ccccc3n2C)ccc1OC(F)F. The Bertz CT molecular complexity index is 1090. The summed E-state index contributed by atoms with van der Waals surface area (Å²) in [6, 6.07) is 12.2. The predicted octanol–water partition coefficient (Wildman–Crippen LogP) is 3.50. The number of methoxy groups -OCH3 is 1. The van der Waals surface area contributed by atoms with Gasteiger partial charge in [0.2, 0.25) is 4.80 Å². The molecule has 3 rings (SSSR count). The lowest BCUT2D eigenvalue weighted by atomic mass is 10.2. The number of halogens is 2. The van der Waals surface area contributed by atoms with Crippen molar-refractivity contribution in [3.05, 3.63) is 58.9 Å². The molecule has 0 unspecified atom stereocenters. The molecule has 6 nitrogen and oxygen atoms in total. The van der Waals surface area contributed by atoms with Gasteiger partial charge in [-0.2, -0.15) is 8.78 Å². The van der Waals surface area contributed by atoms with Gasteiger partial charge in [0, 0.05) is 13.1 Å². The third-order valence-electron chi connectivity index (χ3n) is 3.81. The maximum atomic E-state index is 12.4. The Morgan fingerprint density at radius 1 is 1.25 bits per heavy atom. The van der Waals surface area contributed by atoms with Crippen molar-refractivity contribution in [3.63, 3.8) is 0 Å². The topological polar surface area (TPSA) is 64.8 Å². The Balaban J connectivity index is 1.72. The standard InChI is InChI=1S/C19H17F2N3O3S/c1-24-13-5-3-4-6-16(13)28-19(24)23-22-17(25)10-8-12-7-9-14(27-18(20)21)15(11-12)26-2/h3-11,18H,1-2H3,(H,22,25)/b10-8+,23-19-. The highest BCUT2D eigenvalue weighted by atomic mass is 32.1. The van der Waals surface area contributed by atoms with Gasteiger partial charge < -0.3 is 14.0 Å². The number of rotatable bonds is 6. The number of alkyl halides is 2. The number of aromatic nitrogens is 1. The molecule has 0 aliphatic rings. The highest BCUT2D eigenvalue weighted by molar-refractivity contribution is 7.16. The van der Waals surface area contributed by atoms with Crippen LogP contribution in [0.1, 0.15) is 5.56 Å². The van der Waals surface area contributed by atoms with Crippen molar-refractivity contribution in [2.45, 2.75) is 6.61 Å². The van der Waals surface area contributed by atoms with Gasteiger partial charge in [-0.1, -0.05) is 29.5 Å². The van der Waals surface area contributed by atoms with E-state index in [0.717, 1.165) is 10.2 Å². The first-order valence-corrected chi connectivity index (χ1v) is 8.99. The summed E-state index contributed by atoms with van der Waals surface area (Å²) in [7, 11) is 3.21. The molecule has 0 radical (unpaired) electrons. The monoisotopic (exact) mass is 405 g/mol. The van der Waals surface area contributed by atoms with E-state index in [4.69, 9.17) is 4.74 Å².